The molecule has 36 heavy (non-hydrogen) atoms. The van der Waals surface area contributed by atoms with Crippen molar-refractivity contribution in [2.45, 2.75) is 25.7 Å². The summed E-state index contributed by atoms with van der Waals surface area (Å²) in [6.07, 6.45) is 2.59. The molecule has 0 unspecified atom stereocenters. The van der Waals surface area contributed by atoms with Gasteiger partial charge >= 0.3 is 0 Å². The van der Waals surface area contributed by atoms with Crippen molar-refractivity contribution in [3.63, 3.8) is 0 Å². The van der Waals surface area contributed by atoms with Crippen molar-refractivity contribution in [1.29, 1.82) is 0 Å². The molecule has 3 rings (SSSR count). The fourth-order valence-electron chi connectivity index (χ4n) is 4.62. The van der Waals surface area contributed by atoms with Crippen molar-refractivity contribution in [3.05, 3.63) is 64.7 Å². The largest absolute Gasteiger partial charge is 0.507 e. The summed E-state index contributed by atoms with van der Waals surface area (Å²) in [6, 6.07) is 14.2. The second kappa shape index (κ2) is 14.1. The van der Waals surface area contributed by atoms with Gasteiger partial charge in [0.05, 0.1) is 14.2 Å². The Morgan fingerprint density at radius 1 is 0.639 bits per heavy atom. The van der Waals surface area contributed by atoms with Crippen molar-refractivity contribution in [2.75, 3.05) is 40.4 Å². The van der Waals surface area contributed by atoms with Crippen LogP contribution in [-0.4, -0.2) is 45.5 Å². The molecule has 0 heterocycles. The third-order valence-corrected chi connectivity index (χ3v) is 6.23. The highest BCUT2D eigenvalue weighted by molar-refractivity contribution is 5.85. The number of phenolic OH excluding ortho intramolecular Hbond substituents is 1. The van der Waals surface area contributed by atoms with Crippen LogP contribution in [0.3, 0.4) is 0 Å². The number of methoxy groups -OCH3 is 2. The summed E-state index contributed by atoms with van der Waals surface area (Å²) in [7, 11) is 3.33. The second-order valence-electron chi connectivity index (χ2n) is 8.53. The van der Waals surface area contributed by atoms with E-state index in [4.69, 9.17) is 32.4 Å². The summed E-state index contributed by atoms with van der Waals surface area (Å²) < 4.78 is 11.4. The molecule has 196 valence electrons. The quantitative estimate of drug-likeness (QED) is 0.250. The van der Waals surface area contributed by atoms with Gasteiger partial charge in [-0.2, -0.15) is 0 Å². The molecule has 0 atom stereocenters. The molecule has 0 aliphatic rings. The Bertz CT molecular complexity index is 1100. The van der Waals surface area contributed by atoms with Crippen molar-refractivity contribution in [3.8, 4) is 39.5 Å². The monoisotopic (exact) mass is 514 g/mol. The summed E-state index contributed by atoms with van der Waals surface area (Å²) in [5.41, 5.74) is 31.4. The maximum absolute atomic E-state index is 10.7. The molecule has 0 aliphatic carbocycles. The minimum Gasteiger partial charge on any atom is -0.507 e. The zero-order chi connectivity index (χ0) is 25.4. The van der Waals surface area contributed by atoms with Gasteiger partial charge in [-0.25, -0.2) is 0 Å². The molecule has 0 fully saturated rings. The van der Waals surface area contributed by atoms with E-state index in [0.717, 1.165) is 68.8 Å². The first-order valence-electron chi connectivity index (χ1n) is 12.0. The molecule has 3 aromatic carbocycles. The predicted octanol–water partition coefficient (Wildman–Crippen LogP) is 3.17. The molecule has 0 aliphatic heterocycles. The number of rotatable bonds is 12. The lowest BCUT2D eigenvalue weighted by atomic mass is 9.89. The lowest BCUT2D eigenvalue weighted by Crippen LogP contribution is -2.09. The third-order valence-electron chi connectivity index (χ3n) is 6.23. The lowest BCUT2D eigenvalue weighted by Gasteiger charge is -2.19. The summed E-state index contributed by atoms with van der Waals surface area (Å²) in [5.74, 6) is 1.81. The van der Waals surface area contributed by atoms with E-state index in [1.165, 1.54) is 0 Å². The lowest BCUT2D eigenvalue weighted by molar-refractivity contribution is 0.414. The van der Waals surface area contributed by atoms with E-state index in [-0.39, 0.29) is 18.2 Å². The molecule has 0 bridgehead atoms. The van der Waals surface area contributed by atoms with Crippen LogP contribution in [0.2, 0.25) is 0 Å². The van der Waals surface area contributed by atoms with Gasteiger partial charge in [0.2, 0.25) is 0 Å². The van der Waals surface area contributed by atoms with Gasteiger partial charge in [-0.1, -0.05) is 12.1 Å². The van der Waals surface area contributed by atoms with E-state index >= 15 is 0 Å². The SMILES string of the molecule is COc1cc(CCN)c(-c2ccc(-c3cc(CCN)c(O)c(CCN)c3)c(OC)c2)c(CCN)c1.Cl. The van der Waals surface area contributed by atoms with E-state index in [1.807, 2.05) is 24.3 Å². The molecule has 8 heteroatoms. The fraction of sp³-hybridized carbons (Fsp3) is 0.357. The minimum absolute atomic E-state index is 0. The minimum atomic E-state index is 0. The molecule has 0 spiro atoms. The summed E-state index contributed by atoms with van der Waals surface area (Å²) in [4.78, 5) is 0. The number of halogens is 1. The Morgan fingerprint density at radius 2 is 1.14 bits per heavy atom. The Hall–Kier alpha value is -2.81. The maximum Gasteiger partial charge on any atom is 0.127 e. The first kappa shape index (κ1) is 29.4. The van der Waals surface area contributed by atoms with Gasteiger partial charge in [0.15, 0.2) is 0 Å². The smallest absolute Gasteiger partial charge is 0.127 e. The number of hydrogen-bond acceptors (Lipinski definition) is 7. The molecular formula is C28H39ClN4O3. The van der Waals surface area contributed by atoms with E-state index in [1.54, 1.807) is 14.2 Å². The average Bonchev–Trinajstić information content (AvgIpc) is 2.86. The highest BCUT2D eigenvalue weighted by Crippen LogP contribution is 2.40. The molecule has 3 aromatic rings. The normalized spacial score (nSPS) is 10.7. The first-order valence-corrected chi connectivity index (χ1v) is 12.0. The van der Waals surface area contributed by atoms with Crippen molar-refractivity contribution >= 4 is 12.4 Å². The number of phenols is 1. The van der Waals surface area contributed by atoms with Crippen LogP contribution in [0.1, 0.15) is 22.3 Å². The van der Waals surface area contributed by atoms with Gasteiger partial charge in [-0.05, 0) is 121 Å². The van der Waals surface area contributed by atoms with Crippen LogP contribution in [-0.2, 0) is 25.7 Å². The zero-order valence-electron chi connectivity index (χ0n) is 21.2. The summed E-state index contributed by atoms with van der Waals surface area (Å²) in [5, 5.41) is 10.7. The highest BCUT2D eigenvalue weighted by Gasteiger charge is 2.17. The van der Waals surface area contributed by atoms with Gasteiger partial charge in [-0.3, -0.25) is 0 Å². The van der Waals surface area contributed by atoms with Gasteiger partial charge < -0.3 is 37.5 Å². The van der Waals surface area contributed by atoms with Gasteiger partial charge in [-0.15, -0.1) is 12.4 Å². The van der Waals surface area contributed by atoms with Crippen molar-refractivity contribution in [1.82, 2.24) is 0 Å². The standard InChI is InChI=1S/C28H38N4O3.ClH/c1-34-24-15-19(5-9-29)27(20(16-24)6-10-30)18-3-4-25(26(17-18)35-2)23-13-21(7-11-31)28(33)22(14-23)8-12-32;/h3-4,13-17,33H,5-12,29-32H2,1-2H3;1H. The Labute approximate surface area is 220 Å². The van der Waals surface area contributed by atoms with Crippen molar-refractivity contribution in [2.24, 2.45) is 22.9 Å². The van der Waals surface area contributed by atoms with Crippen molar-refractivity contribution < 1.29 is 14.6 Å². The van der Waals surface area contributed by atoms with E-state index < -0.39 is 0 Å². The topological polar surface area (TPSA) is 143 Å². The Kier molecular flexibility index (Phi) is 11.5. The highest BCUT2D eigenvalue weighted by atomic mass is 35.5. The van der Waals surface area contributed by atoms with E-state index in [2.05, 4.69) is 18.2 Å². The molecule has 0 saturated heterocycles. The summed E-state index contributed by atoms with van der Waals surface area (Å²) >= 11 is 0. The van der Waals surface area contributed by atoms with Crippen LogP contribution in [0.4, 0.5) is 0 Å². The molecule has 0 aromatic heterocycles. The maximum atomic E-state index is 10.7. The molecule has 0 saturated carbocycles. The Balaban J connectivity index is 0.00000456. The molecule has 0 radical (unpaired) electrons. The van der Waals surface area contributed by atoms with E-state index in [9.17, 15) is 5.11 Å². The van der Waals surface area contributed by atoms with Crippen LogP contribution in [0.25, 0.3) is 22.3 Å². The van der Waals surface area contributed by atoms with Crippen LogP contribution < -0.4 is 32.4 Å². The molecular weight excluding hydrogens is 476 g/mol. The second-order valence-corrected chi connectivity index (χ2v) is 8.53. The summed E-state index contributed by atoms with van der Waals surface area (Å²) in [6.45, 7) is 1.94. The number of aromatic hydroxyl groups is 1. The average molecular weight is 515 g/mol. The number of benzene rings is 3. The Morgan fingerprint density at radius 3 is 1.58 bits per heavy atom. The van der Waals surface area contributed by atoms with Crippen LogP contribution in [0.5, 0.6) is 17.2 Å². The first-order chi connectivity index (χ1) is 17.0. The molecule has 9 N–H and O–H groups in total. The van der Waals surface area contributed by atoms with Gasteiger partial charge in [0, 0.05) is 5.56 Å². The van der Waals surface area contributed by atoms with Crippen LogP contribution in [0, 0.1) is 0 Å². The number of ether oxygens (including phenoxy) is 2. The van der Waals surface area contributed by atoms with Crippen LogP contribution in [0.15, 0.2) is 42.5 Å². The predicted molar refractivity (Wildman–Crippen MR) is 150 cm³/mol. The number of hydrogen-bond donors (Lipinski definition) is 5. The van der Waals surface area contributed by atoms with Gasteiger partial charge in [0.25, 0.3) is 0 Å². The zero-order valence-corrected chi connectivity index (χ0v) is 22.0. The third kappa shape index (κ3) is 6.49. The fourth-order valence-corrected chi connectivity index (χ4v) is 4.62. The molecule has 7 nitrogen and oxygen atoms in total. The number of nitrogens with two attached hydrogens (primary N) is 4. The van der Waals surface area contributed by atoms with E-state index in [0.29, 0.717) is 39.0 Å². The van der Waals surface area contributed by atoms with Gasteiger partial charge in [0.1, 0.15) is 17.2 Å². The van der Waals surface area contributed by atoms with Crippen LogP contribution >= 0.6 is 12.4 Å². The molecule has 0 amide bonds.